The van der Waals surface area contributed by atoms with Crippen molar-refractivity contribution < 1.29 is 9.53 Å². The fourth-order valence-electron chi connectivity index (χ4n) is 2.96. The minimum atomic E-state index is -0.225. The van der Waals surface area contributed by atoms with E-state index in [2.05, 4.69) is 44.3 Å². The number of nitrogens with zero attached hydrogens (tertiary/aromatic N) is 1. The van der Waals surface area contributed by atoms with Crippen molar-refractivity contribution in [2.75, 3.05) is 6.61 Å². The Kier molecular flexibility index (Phi) is 7.43. The molecule has 0 unspecified atom stereocenters. The second-order valence-corrected chi connectivity index (χ2v) is 7.88. The van der Waals surface area contributed by atoms with Crippen LogP contribution in [0.5, 0.6) is 5.75 Å². The Bertz CT molecular complexity index is 652. The summed E-state index contributed by atoms with van der Waals surface area (Å²) in [5, 5.41) is 4.31. The van der Waals surface area contributed by atoms with Gasteiger partial charge < -0.3 is 4.74 Å². The minimum absolute atomic E-state index is 0.0273. The van der Waals surface area contributed by atoms with E-state index in [1.54, 1.807) is 0 Å². The summed E-state index contributed by atoms with van der Waals surface area (Å²) < 4.78 is 5.56. The second-order valence-electron chi connectivity index (χ2n) is 7.88. The maximum absolute atomic E-state index is 12.0. The zero-order valence-corrected chi connectivity index (χ0v) is 16.6. The summed E-state index contributed by atoms with van der Waals surface area (Å²) in [6, 6.07) is 7.90. The van der Waals surface area contributed by atoms with Crippen molar-refractivity contribution in [1.29, 1.82) is 0 Å². The molecule has 26 heavy (non-hydrogen) atoms. The van der Waals surface area contributed by atoms with Gasteiger partial charge in [-0.2, -0.15) is 5.10 Å². The predicted octanol–water partition coefficient (Wildman–Crippen LogP) is 5.14. The summed E-state index contributed by atoms with van der Waals surface area (Å²) in [5.41, 5.74) is 6.29. The van der Waals surface area contributed by atoms with Gasteiger partial charge in [-0.1, -0.05) is 58.7 Å². The lowest BCUT2D eigenvalue weighted by Gasteiger charge is -2.19. The molecule has 142 valence electrons. The molecular formula is C22H32N2O2. The number of hydrazone groups is 1. The first-order chi connectivity index (χ1) is 12.4. The van der Waals surface area contributed by atoms with Crippen LogP contribution < -0.4 is 10.2 Å². The second kappa shape index (κ2) is 9.56. The van der Waals surface area contributed by atoms with Crippen LogP contribution in [0.2, 0.25) is 0 Å². The first-order valence-corrected chi connectivity index (χ1v) is 9.68. The highest BCUT2D eigenvalue weighted by molar-refractivity contribution is 6.02. The maximum Gasteiger partial charge on any atom is 0.277 e. The highest BCUT2D eigenvalue weighted by Crippen LogP contribution is 2.24. The molecule has 0 aromatic heterocycles. The van der Waals surface area contributed by atoms with Crippen LogP contribution in [-0.2, 0) is 10.2 Å². The summed E-state index contributed by atoms with van der Waals surface area (Å²) >= 11 is 0. The van der Waals surface area contributed by atoms with Crippen molar-refractivity contribution in [3.8, 4) is 5.75 Å². The molecule has 4 heteroatoms. The lowest BCUT2D eigenvalue weighted by atomic mass is 9.87. The summed E-state index contributed by atoms with van der Waals surface area (Å²) in [6.45, 7) is 8.69. The lowest BCUT2D eigenvalue weighted by molar-refractivity contribution is -0.123. The van der Waals surface area contributed by atoms with Crippen molar-refractivity contribution in [3.05, 3.63) is 41.5 Å². The zero-order chi connectivity index (χ0) is 19.0. The number of allylic oxidation sites excluding steroid dienone is 2. The molecule has 0 saturated heterocycles. The van der Waals surface area contributed by atoms with E-state index < -0.39 is 0 Å². The highest BCUT2D eigenvalue weighted by Gasteiger charge is 2.14. The SMILES string of the molecule is CCCCCC1=CCC/C1=N/NC(=O)COc1ccc(C(C)(C)C)cc1. The molecule has 2 rings (SSSR count). The average molecular weight is 357 g/mol. The molecule has 1 aliphatic carbocycles. The van der Waals surface area contributed by atoms with E-state index >= 15 is 0 Å². The van der Waals surface area contributed by atoms with Gasteiger partial charge in [0, 0.05) is 0 Å². The fraction of sp³-hybridized carbons (Fsp3) is 0.545. The highest BCUT2D eigenvalue weighted by atomic mass is 16.5. The van der Waals surface area contributed by atoms with Gasteiger partial charge >= 0.3 is 0 Å². The molecule has 0 atom stereocenters. The number of carbonyl (C=O) groups is 1. The monoisotopic (exact) mass is 356 g/mol. The van der Waals surface area contributed by atoms with Crippen LogP contribution in [0.15, 0.2) is 41.0 Å². The Morgan fingerprint density at radius 1 is 1.19 bits per heavy atom. The Hall–Kier alpha value is -2.10. The van der Waals surface area contributed by atoms with Gasteiger partial charge in [0.15, 0.2) is 6.61 Å². The van der Waals surface area contributed by atoms with Crippen molar-refractivity contribution in [1.82, 2.24) is 5.43 Å². The van der Waals surface area contributed by atoms with E-state index in [4.69, 9.17) is 4.74 Å². The van der Waals surface area contributed by atoms with Crippen molar-refractivity contribution in [2.45, 2.75) is 71.6 Å². The quantitative estimate of drug-likeness (QED) is 0.518. The normalized spacial score (nSPS) is 15.8. The Morgan fingerprint density at radius 3 is 2.58 bits per heavy atom. The molecule has 1 aromatic rings. The maximum atomic E-state index is 12.0. The number of carbonyl (C=O) groups excluding carboxylic acids is 1. The number of hydrogen-bond donors (Lipinski definition) is 1. The van der Waals surface area contributed by atoms with Crippen LogP contribution in [0.3, 0.4) is 0 Å². The van der Waals surface area contributed by atoms with Crippen LogP contribution in [0, 0.1) is 0 Å². The van der Waals surface area contributed by atoms with E-state index in [-0.39, 0.29) is 17.9 Å². The van der Waals surface area contributed by atoms with Gasteiger partial charge in [0.05, 0.1) is 5.71 Å². The molecule has 1 N–H and O–H groups in total. The van der Waals surface area contributed by atoms with Gasteiger partial charge in [-0.15, -0.1) is 0 Å². The fourth-order valence-corrected chi connectivity index (χ4v) is 2.96. The number of unbranched alkanes of at least 4 members (excludes halogenated alkanes) is 2. The van der Waals surface area contributed by atoms with Crippen molar-refractivity contribution in [2.24, 2.45) is 5.10 Å². The number of rotatable bonds is 8. The molecule has 1 aliphatic rings. The number of nitrogens with one attached hydrogen (secondary N) is 1. The van der Waals surface area contributed by atoms with Gasteiger partial charge in [0.25, 0.3) is 5.91 Å². The lowest BCUT2D eigenvalue weighted by Crippen LogP contribution is -2.25. The van der Waals surface area contributed by atoms with Crippen LogP contribution in [0.25, 0.3) is 0 Å². The molecular weight excluding hydrogens is 324 g/mol. The molecule has 0 radical (unpaired) electrons. The third kappa shape index (κ3) is 6.32. The van der Waals surface area contributed by atoms with Gasteiger partial charge in [-0.3, -0.25) is 4.79 Å². The summed E-state index contributed by atoms with van der Waals surface area (Å²) in [4.78, 5) is 12.0. The molecule has 0 saturated carbocycles. The Balaban J connectivity index is 1.79. The summed E-state index contributed by atoms with van der Waals surface area (Å²) in [6.07, 6.45) is 8.86. The van der Waals surface area contributed by atoms with Crippen LogP contribution in [0.4, 0.5) is 0 Å². The van der Waals surface area contributed by atoms with Crippen LogP contribution in [0.1, 0.15) is 71.8 Å². The average Bonchev–Trinajstić information content (AvgIpc) is 3.05. The Labute approximate surface area is 157 Å². The third-order valence-electron chi connectivity index (χ3n) is 4.60. The zero-order valence-electron chi connectivity index (χ0n) is 16.6. The predicted molar refractivity (Wildman–Crippen MR) is 108 cm³/mol. The van der Waals surface area contributed by atoms with E-state index in [1.807, 2.05) is 24.3 Å². The summed E-state index contributed by atoms with van der Waals surface area (Å²) in [5.74, 6) is 0.471. The standard InChI is InChI=1S/C22H32N2O2/c1-5-6-7-9-17-10-8-11-20(17)23-24-21(25)16-26-19-14-12-18(13-15-19)22(2,3)4/h10,12-15H,5-9,11,16H2,1-4H3,(H,24,25)/b23-20-. The van der Waals surface area contributed by atoms with E-state index in [0.717, 1.165) is 25.0 Å². The van der Waals surface area contributed by atoms with Gasteiger partial charge in [-0.25, -0.2) is 5.43 Å². The molecule has 0 aliphatic heterocycles. The van der Waals surface area contributed by atoms with Gasteiger partial charge in [0.2, 0.25) is 0 Å². The van der Waals surface area contributed by atoms with Crippen molar-refractivity contribution in [3.63, 3.8) is 0 Å². The first kappa shape index (κ1) is 20.2. The first-order valence-electron chi connectivity index (χ1n) is 9.68. The topological polar surface area (TPSA) is 50.7 Å². The number of amides is 1. The molecule has 0 spiro atoms. The van der Waals surface area contributed by atoms with Crippen LogP contribution in [-0.4, -0.2) is 18.2 Å². The molecule has 4 nitrogen and oxygen atoms in total. The number of hydrogen-bond acceptors (Lipinski definition) is 3. The summed E-state index contributed by atoms with van der Waals surface area (Å²) in [7, 11) is 0. The smallest absolute Gasteiger partial charge is 0.277 e. The largest absolute Gasteiger partial charge is 0.484 e. The van der Waals surface area contributed by atoms with E-state index in [0.29, 0.717) is 5.75 Å². The number of ether oxygens (including phenoxy) is 1. The Morgan fingerprint density at radius 2 is 1.92 bits per heavy atom. The minimum Gasteiger partial charge on any atom is -0.484 e. The number of benzene rings is 1. The molecule has 1 aromatic carbocycles. The molecule has 0 heterocycles. The molecule has 0 fully saturated rings. The van der Waals surface area contributed by atoms with Gasteiger partial charge in [-0.05, 0) is 54.4 Å². The molecule has 1 amide bonds. The van der Waals surface area contributed by atoms with Crippen molar-refractivity contribution >= 4 is 11.6 Å². The van der Waals surface area contributed by atoms with Gasteiger partial charge in [0.1, 0.15) is 5.75 Å². The van der Waals surface area contributed by atoms with Crippen LogP contribution >= 0.6 is 0 Å². The molecule has 0 bridgehead atoms. The van der Waals surface area contributed by atoms with E-state index in [9.17, 15) is 4.79 Å². The third-order valence-corrected chi connectivity index (χ3v) is 4.60. The van der Waals surface area contributed by atoms with E-state index in [1.165, 1.54) is 30.4 Å².